The Labute approximate surface area is 88.2 Å². The number of methoxy groups -OCH3 is 1. The fourth-order valence-electron chi connectivity index (χ4n) is 1.13. The molecule has 0 fully saturated rings. The number of rotatable bonds is 3. The number of nitro groups is 1. The number of halogens is 2. The van der Waals surface area contributed by atoms with Gasteiger partial charge in [0.15, 0.2) is 5.69 Å². The molecule has 0 saturated carbocycles. The Morgan fingerprint density at radius 3 is 2.69 bits per heavy atom. The Hall–Kier alpha value is -2.30. The molecule has 0 spiro atoms. The molecule has 6 nitrogen and oxygen atoms in total. The fourth-order valence-corrected chi connectivity index (χ4v) is 1.13. The number of hydrogen-bond donors (Lipinski definition) is 0. The average Bonchev–Trinajstić information content (AvgIpc) is 2.26. The summed E-state index contributed by atoms with van der Waals surface area (Å²) < 4.78 is 29.8. The highest BCUT2D eigenvalue weighted by Gasteiger charge is 2.31. The molecule has 0 aliphatic heterocycles. The van der Waals surface area contributed by atoms with E-state index in [9.17, 15) is 18.9 Å². The zero-order valence-corrected chi connectivity index (χ0v) is 7.98. The second kappa shape index (κ2) is 4.48. The predicted octanol–water partition coefficient (Wildman–Crippen LogP) is 1.81. The molecule has 0 saturated heterocycles. The minimum Gasteiger partial charge on any atom is -0.489 e. The van der Waals surface area contributed by atoms with E-state index in [1.807, 2.05) is 0 Å². The van der Waals surface area contributed by atoms with Gasteiger partial charge in [-0.3, -0.25) is 10.1 Å². The van der Waals surface area contributed by atoms with Gasteiger partial charge >= 0.3 is 5.69 Å². The quantitative estimate of drug-likeness (QED) is 0.582. The van der Waals surface area contributed by atoms with Crippen molar-refractivity contribution in [3.8, 4) is 11.8 Å². The van der Waals surface area contributed by atoms with E-state index in [1.165, 1.54) is 6.07 Å². The molecule has 8 heteroatoms. The van der Waals surface area contributed by atoms with E-state index < -0.39 is 34.0 Å². The van der Waals surface area contributed by atoms with Gasteiger partial charge in [-0.15, -0.1) is 0 Å². The molecule has 0 atom stereocenters. The Morgan fingerprint density at radius 2 is 2.31 bits per heavy atom. The number of nitriles is 1. The lowest BCUT2D eigenvalue weighted by molar-refractivity contribution is -0.387. The van der Waals surface area contributed by atoms with Crippen molar-refractivity contribution in [3.63, 3.8) is 0 Å². The molecule has 16 heavy (non-hydrogen) atoms. The molecule has 0 aromatic carbocycles. The van der Waals surface area contributed by atoms with Crippen LogP contribution in [0.25, 0.3) is 0 Å². The molecule has 0 bridgehead atoms. The van der Waals surface area contributed by atoms with Crippen LogP contribution in [-0.4, -0.2) is 17.0 Å². The van der Waals surface area contributed by atoms with Crippen molar-refractivity contribution >= 4 is 5.69 Å². The van der Waals surface area contributed by atoms with Crippen molar-refractivity contribution in [1.29, 1.82) is 5.26 Å². The monoisotopic (exact) mass is 229 g/mol. The van der Waals surface area contributed by atoms with E-state index >= 15 is 0 Å². The van der Waals surface area contributed by atoms with Gasteiger partial charge in [-0.05, 0) is 0 Å². The molecule has 0 aliphatic carbocycles. The van der Waals surface area contributed by atoms with Crippen molar-refractivity contribution in [2.45, 2.75) is 6.43 Å². The third kappa shape index (κ3) is 1.88. The molecule has 1 rings (SSSR count). The van der Waals surface area contributed by atoms with Crippen LogP contribution in [0, 0.1) is 21.4 Å². The Balaban J connectivity index is 3.61. The van der Waals surface area contributed by atoms with E-state index in [4.69, 9.17) is 5.26 Å². The van der Waals surface area contributed by atoms with Crippen LogP contribution in [0.15, 0.2) is 6.20 Å². The minimum atomic E-state index is -3.17. The number of ether oxygens (including phenoxy) is 1. The lowest BCUT2D eigenvalue weighted by Gasteiger charge is -2.06. The zero-order valence-electron chi connectivity index (χ0n) is 7.98. The molecule has 0 unspecified atom stereocenters. The number of aromatic nitrogens is 1. The Kier molecular flexibility index (Phi) is 3.30. The Bertz CT molecular complexity index is 470. The van der Waals surface area contributed by atoms with Crippen LogP contribution < -0.4 is 4.74 Å². The summed E-state index contributed by atoms with van der Waals surface area (Å²) >= 11 is 0. The lowest BCUT2D eigenvalue weighted by Crippen LogP contribution is -2.04. The smallest absolute Gasteiger partial charge is 0.324 e. The molecule has 1 aromatic heterocycles. The summed E-state index contributed by atoms with van der Waals surface area (Å²) in [6, 6.07) is 1.37. The summed E-state index contributed by atoms with van der Waals surface area (Å²) in [5.41, 5.74) is -2.63. The van der Waals surface area contributed by atoms with Gasteiger partial charge < -0.3 is 4.74 Å². The van der Waals surface area contributed by atoms with Gasteiger partial charge in [-0.2, -0.15) is 5.26 Å². The summed E-state index contributed by atoms with van der Waals surface area (Å²) in [7, 11) is 1.09. The molecule has 0 N–H and O–H groups in total. The van der Waals surface area contributed by atoms with Gasteiger partial charge in [0.1, 0.15) is 11.6 Å². The van der Waals surface area contributed by atoms with Crippen molar-refractivity contribution < 1.29 is 18.4 Å². The Morgan fingerprint density at radius 1 is 1.69 bits per heavy atom. The van der Waals surface area contributed by atoms with Crippen LogP contribution in [0.4, 0.5) is 14.5 Å². The number of nitrogens with zero attached hydrogens (tertiary/aromatic N) is 3. The molecule has 0 aliphatic rings. The maximum atomic E-state index is 12.6. The third-order valence-corrected chi connectivity index (χ3v) is 1.78. The maximum absolute atomic E-state index is 12.6. The van der Waals surface area contributed by atoms with Crippen LogP contribution in [-0.2, 0) is 0 Å². The van der Waals surface area contributed by atoms with Gasteiger partial charge in [0, 0.05) is 0 Å². The van der Waals surface area contributed by atoms with Crippen molar-refractivity contribution in [3.05, 3.63) is 27.6 Å². The van der Waals surface area contributed by atoms with Crippen LogP contribution in [0.2, 0.25) is 0 Å². The lowest BCUT2D eigenvalue weighted by atomic mass is 10.1. The van der Waals surface area contributed by atoms with Gasteiger partial charge in [0.2, 0.25) is 5.75 Å². The minimum absolute atomic E-state index is 0.403. The first kappa shape index (κ1) is 11.8. The highest BCUT2D eigenvalue weighted by Crippen LogP contribution is 2.37. The van der Waals surface area contributed by atoms with Crippen molar-refractivity contribution in [2.24, 2.45) is 0 Å². The molecule has 1 heterocycles. The molecule has 84 valence electrons. The molecular weight excluding hydrogens is 224 g/mol. The average molecular weight is 229 g/mol. The van der Waals surface area contributed by atoms with E-state index in [2.05, 4.69) is 9.72 Å². The standard InChI is InChI=1S/C8H5F2N3O3/c1-16-5-3-12-4(2-11)6(8(9)10)7(5)13(14)15/h3,8H,1H3. The van der Waals surface area contributed by atoms with Gasteiger partial charge in [-0.1, -0.05) is 0 Å². The third-order valence-electron chi connectivity index (χ3n) is 1.78. The number of pyridine rings is 1. The van der Waals surface area contributed by atoms with Gasteiger partial charge in [-0.25, -0.2) is 13.8 Å². The summed E-state index contributed by atoms with van der Waals surface area (Å²) in [5, 5.41) is 19.2. The van der Waals surface area contributed by atoms with Crippen LogP contribution in [0.3, 0.4) is 0 Å². The SMILES string of the molecule is COc1cnc(C#N)c(C(F)F)c1[N+](=O)[O-]. The summed E-state index contributed by atoms with van der Waals surface area (Å²) in [5.74, 6) is -0.403. The second-order valence-corrected chi connectivity index (χ2v) is 2.61. The molecule has 0 amide bonds. The first-order valence-electron chi connectivity index (χ1n) is 3.92. The van der Waals surface area contributed by atoms with Crippen LogP contribution in [0.5, 0.6) is 5.75 Å². The highest BCUT2D eigenvalue weighted by molar-refractivity contribution is 5.56. The van der Waals surface area contributed by atoms with Gasteiger partial charge in [0.05, 0.1) is 18.2 Å². The topological polar surface area (TPSA) is 89.0 Å². The summed E-state index contributed by atoms with van der Waals surface area (Å²) in [4.78, 5) is 13.0. The van der Waals surface area contributed by atoms with E-state index in [-0.39, 0.29) is 0 Å². The van der Waals surface area contributed by atoms with Crippen LogP contribution in [0.1, 0.15) is 17.7 Å². The zero-order chi connectivity index (χ0) is 12.3. The van der Waals surface area contributed by atoms with Gasteiger partial charge in [0.25, 0.3) is 6.43 Å². The predicted molar refractivity (Wildman–Crippen MR) is 47.1 cm³/mol. The number of alkyl halides is 2. The van der Waals surface area contributed by atoms with E-state index in [0.29, 0.717) is 0 Å². The van der Waals surface area contributed by atoms with E-state index in [0.717, 1.165) is 13.3 Å². The largest absolute Gasteiger partial charge is 0.489 e. The maximum Gasteiger partial charge on any atom is 0.324 e. The number of hydrogen-bond acceptors (Lipinski definition) is 5. The second-order valence-electron chi connectivity index (χ2n) is 2.61. The highest BCUT2D eigenvalue weighted by atomic mass is 19.3. The molecule has 1 aromatic rings. The van der Waals surface area contributed by atoms with E-state index in [1.54, 1.807) is 0 Å². The normalized spacial score (nSPS) is 9.94. The fraction of sp³-hybridized carbons (Fsp3) is 0.250. The van der Waals surface area contributed by atoms with Crippen molar-refractivity contribution in [1.82, 2.24) is 4.98 Å². The van der Waals surface area contributed by atoms with Crippen LogP contribution >= 0.6 is 0 Å². The first-order chi connectivity index (χ1) is 7.52. The van der Waals surface area contributed by atoms with Crippen molar-refractivity contribution in [2.75, 3.05) is 7.11 Å². The summed E-state index contributed by atoms with van der Waals surface area (Å²) in [6.07, 6.45) is -2.31. The summed E-state index contributed by atoms with van der Waals surface area (Å²) in [6.45, 7) is 0. The first-order valence-corrected chi connectivity index (χ1v) is 3.92. The molecular formula is C8H5F2N3O3. The molecule has 0 radical (unpaired) electrons.